The van der Waals surface area contributed by atoms with E-state index < -0.39 is 0 Å². The van der Waals surface area contributed by atoms with Gasteiger partial charge in [-0.15, -0.1) is 10.2 Å². The lowest BCUT2D eigenvalue weighted by atomic mass is 10.0. The van der Waals surface area contributed by atoms with Crippen LogP contribution in [0, 0.1) is 0 Å². The van der Waals surface area contributed by atoms with Crippen LogP contribution < -0.4 is 9.47 Å². The summed E-state index contributed by atoms with van der Waals surface area (Å²) >= 11 is 7.18. The molecular formula is C23H22ClN3O4S. The van der Waals surface area contributed by atoms with Gasteiger partial charge in [0.15, 0.2) is 11.5 Å². The molecule has 0 N–H and O–H groups in total. The van der Waals surface area contributed by atoms with Crippen molar-refractivity contribution < 1.29 is 18.7 Å². The van der Waals surface area contributed by atoms with Gasteiger partial charge in [0, 0.05) is 23.6 Å². The highest BCUT2D eigenvalue weighted by Gasteiger charge is 2.31. The van der Waals surface area contributed by atoms with Crippen molar-refractivity contribution in [1.29, 1.82) is 0 Å². The number of carbonyl (C=O) groups excluding carboxylic acids is 1. The predicted molar refractivity (Wildman–Crippen MR) is 121 cm³/mol. The Morgan fingerprint density at radius 1 is 1.06 bits per heavy atom. The third kappa shape index (κ3) is 4.56. The maximum atomic E-state index is 13.0. The van der Waals surface area contributed by atoms with Crippen molar-refractivity contribution in [2.45, 2.75) is 30.5 Å². The smallest absolute Gasteiger partial charge is 0.277 e. The van der Waals surface area contributed by atoms with Gasteiger partial charge in [-0.1, -0.05) is 29.4 Å². The van der Waals surface area contributed by atoms with Crippen LogP contribution in [0.3, 0.4) is 0 Å². The number of carbonyl (C=O) groups is 1. The Morgan fingerprint density at radius 3 is 2.72 bits per heavy atom. The highest BCUT2D eigenvalue weighted by Crippen LogP contribution is 2.38. The molecule has 1 amide bonds. The van der Waals surface area contributed by atoms with E-state index in [4.69, 9.17) is 25.5 Å². The normalized spacial score (nSPS) is 17.9. The lowest BCUT2D eigenvalue weighted by molar-refractivity contribution is -0.129. The van der Waals surface area contributed by atoms with E-state index in [0.717, 1.165) is 48.4 Å². The van der Waals surface area contributed by atoms with Crippen molar-refractivity contribution in [3.05, 3.63) is 53.1 Å². The highest BCUT2D eigenvalue weighted by molar-refractivity contribution is 7.99. The van der Waals surface area contributed by atoms with E-state index >= 15 is 0 Å². The summed E-state index contributed by atoms with van der Waals surface area (Å²) in [4.78, 5) is 14.9. The molecule has 0 aliphatic carbocycles. The Kier molecular flexibility index (Phi) is 6.23. The van der Waals surface area contributed by atoms with Gasteiger partial charge in [0.05, 0.1) is 25.0 Å². The Balaban J connectivity index is 1.24. The van der Waals surface area contributed by atoms with Gasteiger partial charge in [-0.3, -0.25) is 4.79 Å². The molecule has 2 aliphatic rings. The highest BCUT2D eigenvalue weighted by atomic mass is 35.5. The van der Waals surface area contributed by atoms with E-state index in [0.29, 0.717) is 29.3 Å². The van der Waals surface area contributed by atoms with Gasteiger partial charge in [0.1, 0.15) is 0 Å². The largest absolute Gasteiger partial charge is 0.490 e. The molecule has 3 aromatic rings. The zero-order valence-electron chi connectivity index (χ0n) is 17.3. The minimum absolute atomic E-state index is 0.0348. The molecule has 0 radical (unpaired) electrons. The molecule has 1 unspecified atom stereocenters. The van der Waals surface area contributed by atoms with Gasteiger partial charge in [-0.25, -0.2) is 0 Å². The lowest BCUT2D eigenvalue weighted by Gasteiger charge is -2.25. The van der Waals surface area contributed by atoms with Crippen LogP contribution in [0.2, 0.25) is 5.02 Å². The van der Waals surface area contributed by atoms with E-state index in [2.05, 4.69) is 10.2 Å². The predicted octanol–water partition coefficient (Wildman–Crippen LogP) is 5.01. The van der Waals surface area contributed by atoms with Crippen molar-refractivity contribution in [3.8, 4) is 23.0 Å². The maximum absolute atomic E-state index is 13.0. The fraction of sp³-hybridized carbons (Fsp3) is 0.348. The number of ether oxygens (including phenoxy) is 2. The Morgan fingerprint density at radius 2 is 1.88 bits per heavy atom. The molecule has 5 rings (SSSR count). The molecule has 0 spiro atoms. The molecular weight excluding hydrogens is 450 g/mol. The van der Waals surface area contributed by atoms with Gasteiger partial charge in [-0.2, -0.15) is 0 Å². The van der Waals surface area contributed by atoms with Crippen molar-refractivity contribution >= 4 is 29.3 Å². The molecule has 1 atom stereocenters. The number of aromatic nitrogens is 2. The number of amides is 1. The lowest BCUT2D eigenvalue weighted by Crippen LogP contribution is -2.32. The fourth-order valence-electron chi connectivity index (χ4n) is 3.98. The molecule has 2 aromatic carbocycles. The topological polar surface area (TPSA) is 77.7 Å². The molecule has 9 heteroatoms. The minimum atomic E-state index is 0.0348. The Hall–Kier alpha value is -2.71. The summed E-state index contributed by atoms with van der Waals surface area (Å²) in [7, 11) is 0. The van der Waals surface area contributed by atoms with Crippen LogP contribution in [0.15, 0.2) is 52.1 Å². The average molecular weight is 472 g/mol. The first-order valence-electron chi connectivity index (χ1n) is 10.6. The average Bonchev–Trinajstić information content (AvgIpc) is 3.43. The SMILES string of the molecule is O=C(CSc1nnc(-c2ccc(Cl)cc2)o1)N1CCCC1c1ccc2c(c1)OCCCO2. The van der Waals surface area contributed by atoms with Crippen LogP contribution in [0.25, 0.3) is 11.5 Å². The number of nitrogens with zero attached hydrogens (tertiary/aromatic N) is 3. The number of hydrogen-bond donors (Lipinski definition) is 0. The third-order valence-corrected chi connectivity index (χ3v) is 6.60. The van der Waals surface area contributed by atoms with Crippen molar-refractivity contribution in [1.82, 2.24) is 15.1 Å². The second-order valence-corrected chi connectivity index (χ2v) is 9.03. The number of halogens is 1. The van der Waals surface area contributed by atoms with Crippen LogP contribution in [0.4, 0.5) is 0 Å². The zero-order chi connectivity index (χ0) is 21.9. The van der Waals surface area contributed by atoms with E-state index in [-0.39, 0.29) is 17.7 Å². The van der Waals surface area contributed by atoms with Crippen molar-refractivity contribution in [2.24, 2.45) is 0 Å². The fourth-order valence-corrected chi connectivity index (χ4v) is 4.76. The molecule has 0 saturated carbocycles. The summed E-state index contributed by atoms with van der Waals surface area (Å²) in [6, 6.07) is 13.2. The molecule has 3 heterocycles. The number of benzene rings is 2. The van der Waals surface area contributed by atoms with E-state index in [1.807, 2.05) is 35.2 Å². The van der Waals surface area contributed by atoms with Crippen LogP contribution >= 0.6 is 23.4 Å². The van der Waals surface area contributed by atoms with Crippen molar-refractivity contribution in [2.75, 3.05) is 25.5 Å². The minimum Gasteiger partial charge on any atom is -0.490 e. The Labute approximate surface area is 195 Å². The molecule has 166 valence electrons. The molecule has 0 bridgehead atoms. The summed E-state index contributed by atoms with van der Waals surface area (Å²) in [6.07, 6.45) is 2.76. The van der Waals surface area contributed by atoms with Gasteiger partial charge >= 0.3 is 0 Å². The van der Waals surface area contributed by atoms with E-state index in [1.54, 1.807) is 12.1 Å². The monoisotopic (exact) mass is 471 g/mol. The van der Waals surface area contributed by atoms with Crippen LogP contribution in [0.1, 0.15) is 30.9 Å². The number of hydrogen-bond acceptors (Lipinski definition) is 7. The van der Waals surface area contributed by atoms with Gasteiger partial charge < -0.3 is 18.8 Å². The number of fused-ring (bicyclic) bond motifs is 1. The molecule has 7 nitrogen and oxygen atoms in total. The Bertz CT molecular complexity index is 1100. The zero-order valence-corrected chi connectivity index (χ0v) is 18.9. The molecule has 1 fully saturated rings. The summed E-state index contributed by atoms with van der Waals surface area (Å²) in [5, 5.41) is 9.14. The quantitative estimate of drug-likeness (QED) is 0.484. The number of rotatable bonds is 5. The summed E-state index contributed by atoms with van der Waals surface area (Å²) < 4.78 is 17.3. The maximum Gasteiger partial charge on any atom is 0.277 e. The first-order valence-corrected chi connectivity index (χ1v) is 11.9. The van der Waals surface area contributed by atoms with Crippen molar-refractivity contribution in [3.63, 3.8) is 0 Å². The van der Waals surface area contributed by atoms with E-state index in [9.17, 15) is 4.79 Å². The molecule has 1 aromatic heterocycles. The third-order valence-electron chi connectivity index (χ3n) is 5.55. The van der Waals surface area contributed by atoms with E-state index in [1.165, 1.54) is 11.8 Å². The van der Waals surface area contributed by atoms with Crippen LogP contribution in [0.5, 0.6) is 11.5 Å². The summed E-state index contributed by atoms with van der Waals surface area (Å²) in [5.74, 6) is 2.22. The number of likely N-dealkylation sites (tertiary alicyclic amines) is 1. The molecule has 1 saturated heterocycles. The molecule has 32 heavy (non-hydrogen) atoms. The first kappa shape index (κ1) is 21.2. The summed E-state index contributed by atoms with van der Waals surface area (Å²) in [6.45, 7) is 2.04. The second kappa shape index (κ2) is 9.42. The van der Waals surface area contributed by atoms with Crippen LogP contribution in [-0.2, 0) is 4.79 Å². The van der Waals surface area contributed by atoms with Crippen LogP contribution in [-0.4, -0.2) is 46.5 Å². The van der Waals surface area contributed by atoms with Gasteiger partial charge in [0.2, 0.25) is 11.8 Å². The standard InChI is InChI=1S/C23H22ClN3O4S/c24-17-7-4-15(5-8-17)22-25-26-23(31-22)32-14-21(28)27-10-1-3-18(27)16-6-9-19-20(13-16)30-12-2-11-29-19/h4-9,13,18H,1-3,10-12,14H2. The number of thioether (sulfide) groups is 1. The molecule has 2 aliphatic heterocycles. The second-order valence-electron chi connectivity index (χ2n) is 7.67. The summed E-state index contributed by atoms with van der Waals surface area (Å²) in [5.41, 5.74) is 1.86. The van der Waals surface area contributed by atoms with Gasteiger partial charge in [0.25, 0.3) is 5.22 Å². The first-order chi connectivity index (χ1) is 15.7. The van der Waals surface area contributed by atoms with Gasteiger partial charge in [-0.05, 0) is 54.8 Å².